The smallest absolute Gasteiger partial charge is 0.232 e. The molecule has 5 nitrogen and oxygen atoms in total. The fourth-order valence-electron chi connectivity index (χ4n) is 2.39. The highest BCUT2D eigenvalue weighted by atomic mass is 35.5. The van der Waals surface area contributed by atoms with E-state index < -0.39 is 0 Å². The van der Waals surface area contributed by atoms with Crippen LogP contribution in [0.15, 0.2) is 22.9 Å². The molecule has 0 saturated heterocycles. The molecule has 0 aliphatic heterocycles. The van der Waals surface area contributed by atoms with E-state index in [-0.39, 0.29) is 12.4 Å². The molecule has 0 aromatic carbocycles. The molecular weight excluding hydrogens is 264 g/mol. The van der Waals surface area contributed by atoms with Gasteiger partial charge < -0.3 is 10.3 Å². The minimum atomic E-state index is 0. The standard InChI is InChI=1S/C13H16N4O.ClH/c14-10-5-6-11(15-8-10)7-12-16-13(17-18-12)9-3-1-2-4-9;/h5-6,8-9H,1-4,7,14H2;1H. The molecule has 1 aliphatic rings. The van der Waals surface area contributed by atoms with Gasteiger partial charge in [-0.1, -0.05) is 18.0 Å². The van der Waals surface area contributed by atoms with Crippen molar-refractivity contribution < 1.29 is 4.52 Å². The summed E-state index contributed by atoms with van der Waals surface area (Å²) in [6.07, 6.45) is 7.11. The second-order valence-corrected chi connectivity index (χ2v) is 4.79. The van der Waals surface area contributed by atoms with Crippen LogP contribution in [0.1, 0.15) is 49.0 Å². The topological polar surface area (TPSA) is 77.8 Å². The number of rotatable bonds is 3. The number of anilines is 1. The van der Waals surface area contributed by atoms with Gasteiger partial charge in [-0.3, -0.25) is 4.98 Å². The quantitative estimate of drug-likeness (QED) is 0.935. The number of aromatic nitrogens is 3. The number of halogens is 1. The lowest BCUT2D eigenvalue weighted by atomic mass is 10.1. The molecule has 2 heterocycles. The molecule has 0 radical (unpaired) electrons. The fraction of sp³-hybridized carbons (Fsp3) is 0.462. The van der Waals surface area contributed by atoms with E-state index in [1.165, 1.54) is 25.7 Å². The molecular formula is C13H17ClN4O. The molecule has 0 atom stereocenters. The fourth-order valence-corrected chi connectivity index (χ4v) is 2.39. The number of nitrogens with two attached hydrogens (primary N) is 1. The number of pyridine rings is 1. The Hall–Kier alpha value is -1.62. The lowest BCUT2D eigenvalue weighted by Crippen LogP contribution is -1.97. The molecule has 19 heavy (non-hydrogen) atoms. The summed E-state index contributed by atoms with van der Waals surface area (Å²) in [4.78, 5) is 8.69. The van der Waals surface area contributed by atoms with Crippen LogP contribution in [0.2, 0.25) is 0 Å². The maximum absolute atomic E-state index is 5.59. The molecule has 0 spiro atoms. The van der Waals surface area contributed by atoms with Gasteiger partial charge in [0, 0.05) is 11.6 Å². The highest BCUT2D eigenvalue weighted by Crippen LogP contribution is 2.32. The van der Waals surface area contributed by atoms with Crippen molar-refractivity contribution in [2.24, 2.45) is 0 Å². The van der Waals surface area contributed by atoms with Crippen LogP contribution >= 0.6 is 12.4 Å². The van der Waals surface area contributed by atoms with E-state index in [1.807, 2.05) is 12.1 Å². The van der Waals surface area contributed by atoms with E-state index in [0.29, 0.717) is 23.9 Å². The third kappa shape index (κ3) is 3.23. The van der Waals surface area contributed by atoms with Crippen LogP contribution in [-0.4, -0.2) is 15.1 Å². The van der Waals surface area contributed by atoms with Crippen LogP contribution in [0.5, 0.6) is 0 Å². The minimum Gasteiger partial charge on any atom is -0.397 e. The number of hydrogen-bond acceptors (Lipinski definition) is 5. The van der Waals surface area contributed by atoms with E-state index in [2.05, 4.69) is 15.1 Å². The zero-order valence-corrected chi connectivity index (χ0v) is 11.4. The van der Waals surface area contributed by atoms with Crippen molar-refractivity contribution in [3.8, 4) is 0 Å². The second kappa shape index (κ2) is 6.02. The Labute approximate surface area is 118 Å². The predicted molar refractivity (Wildman–Crippen MR) is 74.2 cm³/mol. The van der Waals surface area contributed by atoms with Gasteiger partial charge in [-0.25, -0.2) is 0 Å². The molecule has 1 saturated carbocycles. The first kappa shape index (κ1) is 13.8. The second-order valence-electron chi connectivity index (χ2n) is 4.79. The van der Waals surface area contributed by atoms with Crippen molar-refractivity contribution in [2.45, 2.75) is 38.0 Å². The van der Waals surface area contributed by atoms with Crippen molar-refractivity contribution in [2.75, 3.05) is 5.73 Å². The van der Waals surface area contributed by atoms with Crippen LogP contribution in [0.25, 0.3) is 0 Å². The molecule has 0 bridgehead atoms. The normalized spacial score (nSPS) is 15.4. The lowest BCUT2D eigenvalue weighted by molar-refractivity contribution is 0.375. The Morgan fingerprint density at radius 2 is 2.05 bits per heavy atom. The molecule has 0 amide bonds. The molecule has 2 aromatic heterocycles. The third-order valence-electron chi connectivity index (χ3n) is 3.38. The summed E-state index contributed by atoms with van der Waals surface area (Å²) >= 11 is 0. The number of nitrogen functional groups attached to an aromatic ring is 1. The highest BCUT2D eigenvalue weighted by Gasteiger charge is 2.22. The van der Waals surface area contributed by atoms with Gasteiger partial charge in [-0.2, -0.15) is 4.98 Å². The average Bonchev–Trinajstić information content (AvgIpc) is 3.02. The van der Waals surface area contributed by atoms with Crippen molar-refractivity contribution in [3.63, 3.8) is 0 Å². The monoisotopic (exact) mass is 280 g/mol. The molecule has 1 aliphatic carbocycles. The average molecular weight is 281 g/mol. The molecule has 0 unspecified atom stereocenters. The predicted octanol–water partition coefficient (Wildman–Crippen LogP) is 2.72. The van der Waals surface area contributed by atoms with Gasteiger partial charge in [0.05, 0.1) is 18.3 Å². The van der Waals surface area contributed by atoms with Crippen molar-refractivity contribution >= 4 is 18.1 Å². The first-order valence-electron chi connectivity index (χ1n) is 6.34. The van der Waals surface area contributed by atoms with Crippen LogP contribution in [-0.2, 0) is 6.42 Å². The lowest BCUT2D eigenvalue weighted by Gasteiger charge is -1.99. The molecule has 1 fully saturated rings. The van der Waals surface area contributed by atoms with Crippen LogP contribution in [0.4, 0.5) is 5.69 Å². The highest BCUT2D eigenvalue weighted by molar-refractivity contribution is 5.85. The maximum Gasteiger partial charge on any atom is 0.232 e. The largest absolute Gasteiger partial charge is 0.397 e. The van der Waals surface area contributed by atoms with E-state index in [4.69, 9.17) is 10.3 Å². The van der Waals surface area contributed by atoms with E-state index in [0.717, 1.165) is 11.5 Å². The zero-order valence-electron chi connectivity index (χ0n) is 10.6. The Morgan fingerprint density at radius 3 is 2.74 bits per heavy atom. The summed E-state index contributed by atoms with van der Waals surface area (Å²) in [5.74, 6) is 1.98. The summed E-state index contributed by atoms with van der Waals surface area (Å²) in [7, 11) is 0. The van der Waals surface area contributed by atoms with Gasteiger partial charge in [-0.15, -0.1) is 12.4 Å². The molecule has 2 N–H and O–H groups in total. The molecule has 6 heteroatoms. The Balaban J connectivity index is 0.00000133. The summed E-state index contributed by atoms with van der Waals surface area (Å²) in [5, 5.41) is 4.07. The Morgan fingerprint density at radius 1 is 1.26 bits per heavy atom. The number of nitrogens with zero attached hydrogens (tertiary/aromatic N) is 3. The van der Waals surface area contributed by atoms with Crippen LogP contribution in [0, 0.1) is 0 Å². The molecule has 2 aromatic rings. The van der Waals surface area contributed by atoms with Crippen LogP contribution in [0.3, 0.4) is 0 Å². The van der Waals surface area contributed by atoms with Gasteiger partial charge in [0.1, 0.15) is 0 Å². The Kier molecular flexibility index (Phi) is 4.37. The van der Waals surface area contributed by atoms with Crippen LogP contribution < -0.4 is 5.73 Å². The first-order chi connectivity index (χ1) is 8.81. The first-order valence-corrected chi connectivity index (χ1v) is 6.34. The van der Waals surface area contributed by atoms with E-state index in [9.17, 15) is 0 Å². The maximum atomic E-state index is 5.59. The summed E-state index contributed by atoms with van der Waals surface area (Å²) in [5.41, 5.74) is 7.15. The molecule has 3 rings (SSSR count). The summed E-state index contributed by atoms with van der Waals surface area (Å²) in [6.45, 7) is 0. The SMILES string of the molecule is Cl.Nc1ccc(Cc2nc(C3CCCC3)no2)nc1. The zero-order chi connectivity index (χ0) is 12.4. The van der Waals surface area contributed by atoms with Gasteiger partial charge in [0.25, 0.3) is 0 Å². The van der Waals surface area contributed by atoms with Crippen molar-refractivity contribution in [1.82, 2.24) is 15.1 Å². The van der Waals surface area contributed by atoms with Gasteiger partial charge >= 0.3 is 0 Å². The molecule has 102 valence electrons. The summed E-state index contributed by atoms with van der Waals surface area (Å²) < 4.78 is 5.28. The Bertz CT molecular complexity index is 520. The van der Waals surface area contributed by atoms with Crippen molar-refractivity contribution in [3.05, 3.63) is 35.7 Å². The third-order valence-corrected chi connectivity index (χ3v) is 3.38. The van der Waals surface area contributed by atoms with E-state index >= 15 is 0 Å². The van der Waals surface area contributed by atoms with Gasteiger partial charge in [0.2, 0.25) is 5.89 Å². The van der Waals surface area contributed by atoms with Gasteiger partial charge in [-0.05, 0) is 25.0 Å². The number of hydrogen-bond donors (Lipinski definition) is 1. The van der Waals surface area contributed by atoms with E-state index in [1.54, 1.807) is 6.20 Å². The van der Waals surface area contributed by atoms with Gasteiger partial charge in [0.15, 0.2) is 5.82 Å². The minimum absolute atomic E-state index is 0. The van der Waals surface area contributed by atoms with Crippen molar-refractivity contribution in [1.29, 1.82) is 0 Å². The summed E-state index contributed by atoms with van der Waals surface area (Å²) in [6, 6.07) is 3.71.